The molecule has 3 aromatic carbocycles. The summed E-state index contributed by atoms with van der Waals surface area (Å²) in [5.74, 6) is -1.03. The first-order valence-corrected chi connectivity index (χ1v) is 11.8. The number of carbonyl (C=O) groups excluding carboxylic acids is 1. The monoisotopic (exact) mass is 511 g/mol. The molecule has 1 unspecified atom stereocenters. The number of carbonyl (C=O) groups is 2. The number of carboxylic acid groups (broad SMARTS) is 1. The van der Waals surface area contributed by atoms with Crippen LogP contribution in [-0.4, -0.2) is 23.5 Å². The van der Waals surface area contributed by atoms with Crippen molar-refractivity contribution in [2.45, 2.75) is 38.5 Å². The molecule has 0 aromatic heterocycles. The molecule has 8 heteroatoms. The van der Waals surface area contributed by atoms with Crippen LogP contribution in [0.15, 0.2) is 79.4 Å². The fraction of sp³-hybridized carbons (Fsp3) is 0.241. The van der Waals surface area contributed by atoms with Gasteiger partial charge in [-0.2, -0.15) is 13.2 Å². The number of carboxylic acids is 1. The van der Waals surface area contributed by atoms with Gasteiger partial charge in [0.15, 0.2) is 0 Å². The maximum atomic E-state index is 14.0. The lowest BCUT2D eigenvalue weighted by molar-refractivity contribution is -0.137. The highest BCUT2D eigenvalue weighted by Crippen LogP contribution is 2.39. The fourth-order valence-electron chi connectivity index (χ4n) is 3.94. The Hall–Kier alpha value is -4.07. The van der Waals surface area contributed by atoms with Gasteiger partial charge < -0.3 is 15.2 Å². The van der Waals surface area contributed by atoms with Gasteiger partial charge >= 0.3 is 12.1 Å². The summed E-state index contributed by atoms with van der Waals surface area (Å²) >= 11 is 0. The van der Waals surface area contributed by atoms with Gasteiger partial charge in [-0.3, -0.25) is 9.59 Å². The van der Waals surface area contributed by atoms with Crippen LogP contribution in [0.1, 0.15) is 52.9 Å². The third-order valence-corrected chi connectivity index (χ3v) is 5.76. The third-order valence-electron chi connectivity index (χ3n) is 5.76. The zero-order valence-electron chi connectivity index (χ0n) is 20.3. The SMILES string of the molecule is C=CCc1cc(C(=O)NCCC(=O)O)ccc1OC(CC)c1ccc(-c2ccccc2)c(C(F)(F)F)c1. The highest BCUT2D eigenvalue weighted by atomic mass is 19.4. The number of allylic oxidation sites excluding steroid dienone is 1. The van der Waals surface area contributed by atoms with E-state index < -0.39 is 29.7 Å². The van der Waals surface area contributed by atoms with Crippen molar-refractivity contribution in [1.29, 1.82) is 0 Å². The number of rotatable bonds is 11. The van der Waals surface area contributed by atoms with Crippen molar-refractivity contribution in [3.63, 3.8) is 0 Å². The van der Waals surface area contributed by atoms with E-state index in [4.69, 9.17) is 9.84 Å². The van der Waals surface area contributed by atoms with E-state index in [1.165, 1.54) is 12.1 Å². The first-order valence-electron chi connectivity index (χ1n) is 11.8. The van der Waals surface area contributed by atoms with E-state index in [-0.39, 0.29) is 18.5 Å². The van der Waals surface area contributed by atoms with Gasteiger partial charge in [0.2, 0.25) is 0 Å². The van der Waals surface area contributed by atoms with Crippen LogP contribution in [0, 0.1) is 0 Å². The molecular weight excluding hydrogens is 483 g/mol. The lowest BCUT2D eigenvalue weighted by atomic mass is 9.94. The molecule has 0 aliphatic rings. The summed E-state index contributed by atoms with van der Waals surface area (Å²) in [5, 5.41) is 11.3. The molecule has 194 valence electrons. The number of benzene rings is 3. The smallest absolute Gasteiger partial charge is 0.417 e. The van der Waals surface area contributed by atoms with E-state index >= 15 is 0 Å². The van der Waals surface area contributed by atoms with E-state index in [1.54, 1.807) is 54.6 Å². The molecule has 37 heavy (non-hydrogen) atoms. The van der Waals surface area contributed by atoms with E-state index in [0.717, 1.165) is 6.07 Å². The molecule has 0 saturated carbocycles. The number of amides is 1. The molecule has 0 aliphatic carbocycles. The Morgan fingerprint density at radius 1 is 1.08 bits per heavy atom. The molecule has 0 fully saturated rings. The maximum absolute atomic E-state index is 14.0. The zero-order chi connectivity index (χ0) is 27.0. The number of halogens is 3. The quantitative estimate of drug-likeness (QED) is 0.277. The van der Waals surface area contributed by atoms with E-state index in [0.29, 0.717) is 40.8 Å². The Labute approximate surface area is 213 Å². The predicted molar refractivity (Wildman–Crippen MR) is 135 cm³/mol. The Morgan fingerprint density at radius 2 is 1.81 bits per heavy atom. The Kier molecular flexibility index (Phi) is 9.11. The molecule has 2 N–H and O–H groups in total. The zero-order valence-corrected chi connectivity index (χ0v) is 20.3. The van der Waals surface area contributed by atoms with Crippen LogP contribution < -0.4 is 10.1 Å². The average molecular weight is 512 g/mol. The Balaban J connectivity index is 1.90. The second kappa shape index (κ2) is 12.3. The van der Waals surface area contributed by atoms with Gasteiger partial charge in [0.25, 0.3) is 5.91 Å². The molecular formula is C29H28F3NO4. The molecule has 0 bridgehead atoms. The molecule has 0 aliphatic heterocycles. The van der Waals surface area contributed by atoms with Crippen LogP contribution in [0.2, 0.25) is 0 Å². The van der Waals surface area contributed by atoms with Crippen LogP contribution in [-0.2, 0) is 17.4 Å². The van der Waals surface area contributed by atoms with Gasteiger partial charge in [-0.15, -0.1) is 6.58 Å². The predicted octanol–water partition coefficient (Wildman–Crippen LogP) is 6.84. The van der Waals surface area contributed by atoms with Crippen molar-refractivity contribution >= 4 is 11.9 Å². The Morgan fingerprint density at radius 3 is 2.43 bits per heavy atom. The Bertz CT molecular complexity index is 1260. The van der Waals surface area contributed by atoms with Gasteiger partial charge in [-0.1, -0.05) is 55.5 Å². The first-order chi connectivity index (χ1) is 17.6. The number of nitrogens with one attached hydrogen (secondary N) is 1. The summed E-state index contributed by atoms with van der Waals surface area (Å²) in [6.07, 6.45) is -3.01. The molecule has 1 amide bonds. The van der Waals surface area contributed by atoms with Crippen molar-refractivity contribution in [3.05, 3.63) is 102 Å². The highest BCUT2D eigenvalue weighted by molar-refractivity contribution is 5.94. The normalized spacial score (nSPS) is 12.0. The average Bonchev–Trinajstić information content (AvgIpc) is 2.87. The van der Waals surface area contributed by atoms with E-state index in [2.05, 4.69) is 11.9 Å². The largest absolute Gasteiger partial charge is 0.485 e. The lowest BCUT2D eigenvalue weighted by Crippen LogP contribution is -2.26. The third kappa shape index (κ3) is 7.22. The van der Waals surface area contributed by atoms with Crippen LogP contribution in [0.25, 0.3) is 11.1 Å². The summed E-state index contributed by atoms with van der Waals surface area (Å²) in [6.45, 7) is 5.54. The van der Waals surface area contributed by atoms with Gasteiger partial charge in [0.1, 0.15) is 11.9 Å². The molecule has 1 atom stereocenters. The minimum absolute atomic E-state index is 0.0123. The van der Waals surface area contributed by atoms with Gasteiger partial charge in [-0.05, 0) is 59.4 Å². The molecule has 0 radical (unpaired) electrons. The summed E-state index contributed by atoms with van der Waals surface area (Å²) in [6, 6.07) is 17.4. The second-order valence-electron chi connectivity index (χ2n) is 8.40. The van der Waals surface area contributed by atoms with Crippen LogP contribution in [0.4, 0.5) is 13.2 Å². The van der Waals surface area contributed by atoms with Crippen molar-refractivity contribution < 1.29 is 32.6 Å². The number of hydrogen-bond donors (Lipinski definition) is 2. The number of hydrogen-bond acceptors (Lipinski definition) is 3. The van der Waals surface area contributed by atoms with Crippen molar-refractivity contribution in [3.8, 4) is 16.9 Å². The summed E-state index contributed by atoms with van der Waals surface area (Å²) in [5.41, 5.74) is 1.16. The van der Waals surface area contributed by atoms with Crippen molar-refractivity contribution in [2.75, 3.05) is 6.54 Å². The van der Waals surface area contributed by atoms with Gasteiger partial charge in [-0.25, -0.2) is 0 Å². The topological polar surface area (TPSA) is 75.6 Å². The highest BCUT2D eigenvalue weighted by Gasteiger charge is 2.34. The number of ether oxygens (including phenoxy) is 1. The van der Waals surface area contributed by atoms with Crippen molar-refractivity contribution in [1.82, 2.24) is 5.32 Å². The molecule has 0 saturated heterocycles. The molecule has 5 nitrogen and oxygen atoms in total. The van der Waals surface area contributed by atoms with Crippen LogP contribution >= 0.6 is 0 Å². The van der Waals surface area contributed by atoms with E-state index in [9.17, 15) is 22.8 Å². The van der Waals surface area contributed by atoms with Gasteiger partial charge in [0.05, 0.1) is 12.0 Å². The van der Waals surface area contributed by atoms with Gasteiger partial charge in [0, 0.05) is 12.1 Å². The van der Waals surface area contributed by atoms with Crippen molar-refractivity contribution in [2.24, 2.45) is 0 Å². The first kappa shape index (κ1) is 27.5. The minimum Gasteiger partial charge on any atom is -0.485 e. The van der Waals surface area contributed by atoms with Crippen LogP contribution in [0.5, 0.6) is 5.75 Å². The molecule has 0 spiro atoms. The summed E-state index contributed by atoms with van der Waals surface area (Å²) < 4.78 is 48.2. The molecule has 0 heterocycles. The molecule has 3 rings (SSSR count). The summed E-state index contributed by atoms with van der Waals surface area (Å²) in [4.78, 5) is 23.1. The standard InChI is InChI=1S/C29H28F3NO4/c1-3-8-20-17-22(28(36)33-16-15-27(34)35)12-14-26(20)37-25(4-2)21-11-13-23(19-9-6-5-7-10-19)24(18-21)29(30,31)32/h3,5-7,9-14,17-18,25H,1,4,8,15-16H2,2H3,(H,33,36)(H,34,35). The number of alkyl halides is 3. The maximum Gasteiger partial charge on any atom is 0.417 e. The van der Waals surface area contributed by atoms with E-state index in [1.807, 2.05) is 6.92 Å². The minimum atomic E-state index is -4.55. The fourth-order valence-corrected chi connectivity index (χ4v) is 3.94. The van der Waals surface area contributed by atoms with Crippen LogP contribution in [0.3, 0.4) is 0 Å². The lowest BCUT2D eigenvalue weighted by Gasteiger charge is -2.22. The summed E-state index contributed by atoms with van der Waals surface area (Å²) in [7, 11) is 0. The second-order valence-corrected chi connectivity index (χ2v) is 8.40. The number of aliphatic carboxylic acids is 1. The molecule has 3 aromatic rings.